The van der Waals surface area contributed by atoms with E-state index in [0.717, 1.165) is 31.6 Å². The minimum Gasteiger partial charge on any atom is -0.481 e. The Labute approximate surface area is 108 Å². The number of hydrogen-bond acceptors (Lipinski definition) is 3. The summed E-state index contributed by atoms with van der Waals surface area (Å²) >= 11 is 0. The molecule has 2 heterocycles. The second-order valence-electron chi connectivity index (χ2n) is 5.11. The average molecular weight is 248 g/mol. The smallest absolute Gasteiger partial charge is 0.305 e. The van der Waals surface area contributed by atoms with Gasteiger partial charge in [-0.2, -0.15) is 0 Å². The summed E-state index contributed by atoms with van der Waals surface area (Å²) in [5.41, 5.74) is 0.363. The zero-order chi connectivity index (χ0) is 13.0. The van der Waals surface area contributed by atoms with Crippen molar-refractivity contribution < 1.29 is 9.90 Å². The van der Waals surface area contributed by atoms with E-state index in [2.05, 4.69) is 9.88 Å². The van der Waals surface area contributed by atoms with E-state index in [1.54, 1.807) is 6.20 Å². The fourth-order valence-corrected chi connectivity index (χ4v) is 2.73. The third-order valence-electron chi connectivity index (χ3n) is 3.77. The van der Waals surface area contributed by atoms with Gasteiger partial charge >= 0.3 is 5.97 Å². The number of rotatable bonds is 4. The number of carboxylic acids is 1. The highest BCUT2D eigenvalue weighted by Gasteiger charge is 2.37. The van der Waals surface area contributed by atoms with Gasteiger partial charge in [-0.1, -0.05) is 12.5 Å². The predicted molar refractivity (Wildman–Crippen MR) is 69.3 cm³/mol. The minimum absolute atomic E-state index is 0.101. The molecule has 0 aliphatic carbocycles. The number of carbonyl (C=O) groups is 1. The van der Waals surface area contributed by atoms with Gasteiger partial charge in [0.15, 0.2) is 0 Å². The summed E-state index contributed by atoms with van der Waals surface area (Å²) in [4.78, 5) is 17.8. The predicted octanol–water partition coefficient (Wildman–Crippen LogP) is 2.26. The Morgan fingerprint density at radius 2 is 2.11 bits per heavy atom. The van der Waals surface area contributed by atoms with Crippen LogP contribution in [0.25, 0.3) is 0 Å². The number of hydrogen-bond donors (Lipinski definition) is 1. The van der Waals surface area contributed by atoms with E-state index in [0.29, 0.717) is 0 Å². The van der Waals surface area contributed by atoms with Crippen LogP contribution in [0.2, 0.25) is 0 Å². The van der Waals surface area contributed by atoms with Crippen molar-refractivity contribution in [3.8, 4) is 0 Å². The lowest BCUT2D eigenvalue weighted by molar-refractivity contribution is -0.140. The number of aliphatic carboxylic acids is 1. The van der Waals surface area contributed by atoms with E-state index in [1.165, 1.54) is 6.42 Å². The summed E-state index contributed by atoms with van der Waals surface area (Å²) in [7, 11) is 0. The van der Waals surface area contributed by atoms with Gasteiger partial charge < -0.3 is 5.11 Å². The van der Waals surface area contributed by atoms with Gasteiger partial charge in [0.1, 0.15) is 0 Å². The molecule has 0 aromatic carbocycles. The number of pyridine rings is 1. The van der Waals surface area contributed by atoms with E-state index >= 15 is 0 Å². The van der Waals surface area contributed by atoms with Gasteiger partial charge in [-0.3, -0.25) is 14.7 Å². The fraction of sp³-hybridized carbons (Fsp3) is 0.571. The molecule has 4 nitrogen and oxygen atoms in total. The van der Waals surface area contributed by atoms with Gasteiger partial charge in [-0.05, 0) is 45.0 Å². The maximum atomic E-state index is 11.2. The lowest BCUT2D eigenvalue weighted by Gasteiger charge is -2.42. The standard InChI is InChI=1S/C14H20N2O2/c1-14(11-13(17)18,12-7-3-4-8-15-12)16-9-5-2-6-10-16/h3-4,7-8H,2,5-6,9-11H2,1H3,(H,17,18). The molecule has 0 bridgehead atoms. The summed E-state index contributed by atoms with van der Waals surface area (Å²) in [6.07, 6.45) is 5.36. The first kappa shape index (κ1) is 13.0. The van der Waals surface area contributed by atoms with E-state index in [9.17, 15) is 9.90 Å². The third kappa shape index (κ3) is 2.70. The molecule has 1 aromatic rings. The van der Waals surface area contributed by atoms with E-state index in [1.807, 2.05) is 25.1 Å². The molecule has 1 N–H and O–H groups in total. The van der Waals surface area contributed by atoms with Crippen LogP contribution in [0.15, 0.2) is 24.4 Å². The first-order valence-corrected chi connectivity index (χ1v) is 6.51. The number of carboxylic acid groups (broad SMARTS) is 1. The van der Waals surface area contributed by atoms with E-state index < -0.39 is 11.5 Å². The highest BCUT2D eigenvalue weighted by Crippen LogP contribution is 2.32. The van der Waals surface area contributed by atoms with Gasteiger partial charge in [-0.15, -0.1) is 0 Å². The molecule has 0 saturated carbocycles. The van der Waals surface area contributed by atoms with Crippen molar-refractivity contribution in [2.75, 3.05) is 13.1 Å². The second kappa shape index (κ2) is 5.48. The molecular formula is C14H20N2O2. The van der Waals surface area contributed by atoms with Gasteiger partial charge in [-0.25, -0.2) is 0 Å². The molecule has 1 aliphatic rings. The number of nitrogens with zero attached hydrogens (tertiary/aromatic N) is 2. The quantitative estimate of drug-likeness (QED) is 0.888. The highest BCUT2D eigenvalue weighted by molar-refractivity contribution is 5.68. The Kier molecular flexibility index (Phi) is 3.97. The number of piperidine rings is 1. The second-order valence-corrected chi connectivity index (χ2v) is 5.11. The Morgan fingerprint density at radius 3 is 2.67 bits per heavy atom. The molecule has 1 aliphatic heterocycles. The molecule has 1 saturated heterocycles. The van der Waals surface area contributed by atoms with Crippen LogP contribution in [-0.2, 0) is 10.3 Å². The van der Waals surface area contributed by atoms with Crippen LogP contribution in [0.5, 0.6) is 0 Å². The Balaban J connectivity index is 2.30. The van der Waals surface area contributed by atoms with Crippen molar-refractivity contribution in [3.63, 3.8) is 0 Å². The van der Waals surface area contributed by atoms with Gasteiger partial charge in [0, 0.05) is 6.20 Å². The highest BCUT2D eigenvalue weighted by atomic mass is 16.4. The Morgan fingerprint density at radius 1 is 1.39 bits per heavy atom. The van der Waals surface area contributed by atoms with Crippen LogP contribution in [0, 0.1) is 0 Å². The zero-order valence-corrected chi connectivity index (χ0v) is 10.8. The normalized spacial score (nSPS) is 20.3. The summed E-state index contributed by atoms with van der Waals surface area (Å²) in [6.45, 7) is 3.91. The number of aromatic nitrogens is 1. The monoisotopic (exact) mass is 248 g/mol. The summed E-state index contributed by atoms with van der Waals surface area (Å²) in [6, 6.07) is 5.71. The third-order valence-corrected chi connectivity index (χ3v) is 3.77. The van der Waals surface area contributed by atoms with Crippen molar-refractivity contribution in [3.05, 3.63) is 30.1 Å². The molecule has 1 fully saturated rings. The molecular weight excluding hydrogens is 228 g/mol. The fourth-order valence-electron chi connectivity index (χ4n) is 2.73. The van der Waals surface area contributed by atoms with Gasteiger partial charge in [0.2, 0.25) is 0 Å². The first-order chi connectivity index (χ1) is 8.63. The average Bonchev–Trinajstić information content (AvgIpc) is 2.40. The van der Waals surface area contributed by atoms with E-state index in [-0.39, 0.29) is 6.42 Å². The molecule has 98 valence electrons. The van der Waals surface area contributed by atoms with Crippen LogP contribution in [-0.4, -0.2) is 34.0 Å². The maximum Gasteiger partial charge on any atom is 0.305 e. The molecule has 2 rings (SSSR count). The van der Waals surface area contributed by atoms with Crippen molar-refractivity contribution >= 4 is 5.97 Å². The van der Waals surface area contributed by atoms with Crippen molar-refractivity contribution in [1.29, 1.82) is 0 Å². The largest absolute Gasteiger partial charge is 0.481 e. The van der Waals surface area contributed by atoms with Crippen molar-refractivity contribution in [2.45, 2.75) is 38.1 Å². The summed E-state index contributed by atoms with van der Waals surface area (Å²) < 4.78 is 0. The topological polar surface area (TPSA) is 53.4 Å². The van der Waals surface area contributed by atoms with Crippen LogP contribution in [0.4, 0.5) is 0 Å². The van der Waals surface area contributed by atoms with E-state index in [4.69, 9.17) is 0 Å². The Hall–Kier alpha value is -1.42. The molecule has 1 aromatic heterocycles. The molecule has 0 radical (unpaired) electrons. The minimum atomic E-state index is -0.770. The first-order valence-electron chi connectivity index (χ1n) is 6.51. The Bertz CT molecular complexity index is 402. The van der Waals surface area contributed by atoms with Crippen LogP contribution in [0.1, 0.15) is 38.3 Å². The SMILES string of the molecule is CC(CC(=O)O)(c1ccccn1)N1CCCCC1. The molecule has 1 unspecified atom stereocenters. The molecule has 1 atom stereocenters. The van der Waals surface area contributed by atoms with Crippen LogP contribution in [0.3, 0.4) is 0 Å². The van der Waals surface area contributed by atoms with Crippen molar-refractivity contribution in [2.24, 2.45) is 0 Å². The lowest BCUT2D eigenvalue weighted by Crippen LogP contribution is -2.48. The molecule has 18 heavy (non-hydrogen) atoms. The summed E-state index contributed by atoms with van der Waals surface area (Å²) in [5.74, 6) is -0.770. The number of likely N-dealkylation sites (tertiary alicyclic amines) is 1. The van der Waals surface area contributed by atoms with Crippen LogP contribution >= 0.6 is 0 Å². The van der Waals surface area contributed by atoms with Gasteiger partial charge in [0.25, 0.3) is 0 Å². The van der Waals surface area contributed by atoms with Crippen LogP contribution < -0.4 is 0 Å². The maximum absolute atomic E-state index is 11.2. The zero-order valence-electron chi connectivity index (χ0n) is 10.8. The molecule has 0 spiro atoms. The molecule has 4 heteroatoms. The van der Waals surface area contributed by atoms with Crippen molar-refractivity contribution in [1.82, 2.24) is 9.88 Å². The van der Waals surface area contributed by atoms with Gasteiger partial charge in [0.05, 0.1) is 17.7 Å². The summed E-state index contributed by atoms with van der Waals surface area (Å²) in [5, 5.41) is 9.19. The molecule has 0 amide bonds. The lowest BCUT2D eigenvalue weighted by atomic mass is 9.88.